The van der Waals surface area contributed by atoms with Crippen LogP contribution >= 0.6 is 0 Å². The van der Waals surface area contributed by atoms with Gasteiger partial charge >= 0.3 is 5.97 Å². The second-order valence-electron chi connectivity index (χ2n) is 6.57. The highest BCUT2D eigenvalue weighted by molar-refractivity contribution is 6.08. The predicted molar refractivity (Wildman–Crippen MR) is 97.6 cm³/mol. The zero-order valence-corrected chi connectivity index (χ0v) is 15.0. The Morgan fingerprint density at radius 3 is 2.50 bits per heavy atom. The van der Waals surface area contributed by atoms with Crippen molar-refractivity contribution in [1.29, 1.82) is 0 Å². The number of carboxylic acid groups (broad SMARTS) is 1. The second kappa shape index (κ2) is 6.37. The normalized spacial score (nSPS) is 20.2. The van der Waals surface area contributed by atoms with Crippen LogP contribution in [0.2, 0.25) is 0 Å². The monoisotopic (exact) mass is 353 g/mol. The van der Waals surface area contributed by atoms with E-state index < -0.39 is 17.8 Å². The first-order valence-electron chi connectivity index (χ1n) is 8.25. The van der Waals surface area contributed by atoms with E-state index in [4.69, 9.17) is 4.42 Å². The smallest absolute Gasteiger partial charge is 0.334 e. The van der Waals surface area contributed by atoms with Crippen molar-refractivity contribution in [2.75, 3.05) is 0 Å². The Morgan fingerprint density at radius 2 is 1.88 bits per heavy atom. The Kier molecular flexibility index (Phi) is 4.36. The summed E-state index contributed by atoms with van der Waals surface area (Å²) < 4.78 is 5.79. The molecule has 3 rings (SSSR count). The van der Waals surface area contributed by atoms with Crippen LogP contribution in [-0.4, -0.2) is 22.6 Å². The molecule has 0 saturated carbocycles. The van der Waals surface area contributed by atoms with E-state index in [1.54, 1.807) is 39.0 Å². The van der Waals surface area contributed by atoms with Gasteiger partial charge in [-0.2, -0.15) is 0 Å². The highest BCUT2D eigenvalue weighted by Crippen LogP contribution is 2.41. The van der Waals surface area contributed by atoms with Crippen molar-refractivity contribution in [2.24, 2.45) is 10.9 Å². The van der Waals surface area contributed by atoms with Crippen molar-refractivity contribution in [3.63, 3.8) is 0 Å². The summed E-state index contributed by atoms with van der Waals surface area (Å²) in [6.45, 7) is 6.41. The zero-order chi connectivity index (χ0) is 19.2. The van der Waals surface area contributed by atoms with Crippen LogP contribution in [0.5, 0.6) is 0 Å². The molecule has 26 heavy (non-hydrogen) atoms. The lowest BCUT2D eigenvalue weighted by atomic mass is 9.73. The van der Waals surface area contributed by atoms with Crippen molar-refractivity contribution >= 4 is 28.4 Å². The predicted octanol–water partition coefficient (Wildman–Crippen LogP) is 3.22. The molecule has 1 aliphatic heterocycles. The largest absolute Gasteiger partial charge is 0.478 e. The van der Waals surface area contributed by atoms with Crippen LogP contribution in [0.25, 0.3) is 11.0 Å². The van der Waals surface area contributed by atoms with Crippen LogP contribution in [-0.2, 0) is 9.59 Å². The molecule has 1 aliphatic rings. The standard InChI is InChI=1S/C20H19NO5/c1-9-8-15(23)13-6-5-7-14(19(13)26-9)18-16(12(4)22)10(2)21-11(3)17(18)20(24)25/h5-8,16,18H,1-4H3,(H,24,25). The number of aliphatic imine (C=N–C) groups is 1. The molecule has 2 atom stereocenters. The van der Waals surface area contributed by atoms with Crippen LogP contribution in [0, 0.1) is 12.8 Å². The number of carboxylic acids is 1. The number of para-hydroxylation sites is 1. The van der Waals surface area contributed by atoms with Gasteiger partial charge in [-0.25, -0.2) is 4.79 Å². The molecule has 2 unspecified atom stereocenters. The van der Waals surface area contributed by atoms with Crippen molar-refractivity contribution in [2.45, 2.75) is 33.6 Å². The van der Waals surface area contributed by atoms with Gasteiger partial charge < -0.3 is 9.52 Å². The van der Waals surface area contributed by atoms with E-state index in [0.29, 0.717) is 33.7 Å². The summed E-state index contributed by atoms with van der Waals surface area (Å²) in [6, 6.07) is 6.41. The van der Waals surface area contributed by atoms with Crippen molar-refractivity contribution < 1.29 is 19.1 Å². The third-order valence-corrected chi connectivity index (χ3v) is 4.74. The summed E-state index contributed by atoms with van der Waals surface area (Å²) >= 11 is 0. The summed E-state index contributed by atoms with van der Waals surface area (Å²) in [4.78, 5) is 40.9. The molecular formula is C20H19NO5. The van der Waals surface area contributed by atoms with Gasteiger partial charge in [0.25, 0.3) is 0 Å². The number of Topliss-reactive ketones (excluding diaryl/α,β-unsaturated/α-hetero) is 1. The lowest BCUT2D eigenvalue weighted by Crippen LogP contribution is -2.34. The number of hydrogen-bond acceptors (Lipinski definition) is 5. The van der Waals surface area contributed by atoms with E-state index in [-0.39, 0.29) is 16.8 Å². The molecule has 1 aromatic carbocycles. The van der Waals surface area contributed by atoms with Crippen molar-refractivity contribution in [1.82, 2.24) is 0 Å². The summed E-state index contributed by atoms with van der Waals surface area (Å²) in [7, 11) is 0. The van der Waals surface area contributed by atoms with E-state index in [9.17, 15) is 19.5 Å². The van der Waals surface area contributed by atoms with E-state index >= 15 is 0 Å². The maximum atomic E-state index is 12.3. The third-order valence-electron chi connectivity index (χ3n) is 4.74. The molecule has 0 saturated heterocycles. The highest BCUT2D eigenvalue weighted by Gasteiger charge is 2.40. The fourth-order valence-electron chi connectivity index (χ4n) is 3.74. The number of rotatable bonds is 3. The molecule has 1 N–H and O–H groups in total. The molecule has 6 nitrogen and oxygen atoms in total. The van der Waals surface area contributed by atoms with Gasteiger partial charge in [0.2, 0.25) is 0 Å². The molecule has 6 heteroatoms. The Balaban J connectivity index is 2.40. The van der Waals surface area contributed by atoms with Gasteiger partial charge in [-0.15, -0.1) is 0 Å². The molecule has 0 radical (unpaired) electrons. The fraction of sp³-hybridized carbons (Fsp3) is 0.300. The SMILES string of the molecule is CC(=O)C1C(C)=NC(C)=C(C(=O)O)C1c1cccc2c(=O)cc(C)oc12. The van der Waals surface area contributed by atoms with E-state index in [1.807, 2.05) is 0 Å². The molecule has 0 amide bonds. The first-order chi connectivity index (χ1) is 12.2. The Bertz CT molecular complexity index is 1060. The van der Waals surface area contributed by atoms with Crippen LogP contribution in [0.1, 0.15) is 38.0 Å². The third kappa shape index (κ3) is 2.77. The minimum Gasteiger partial charge on any atom is -0.478 e. The van der Waals surface area contributed by atoms with Gasteiger partial charge in [-0.1, -0.05) is 12.1 Å². The molecule has 0 aliphatic carbocycles. The lowest BCUT2D eigenvalue weighted by Gasteiger charge is -2.31. The number of nitrogens with zero attached hydrogens (tertiary/aromatic N) is 1. The Morgan fingerprint density at radius 1 is 1.19 bits per heavy atom. The molecular weight excluding hydrogens is 334 g/mol. The molecule has 0 spiro atoms. The number of benzene rings is 1. The second-order valence-corrected chi connectivity index (χ2v) is 6.57. The number of allylic oxidation sites excluding steroid dienone is 1. The van der Waals surface area contributed by atoms with Crippen LogP contribution in [0.4, 0.5) is 0 Å². The molecule has 0 bridgehead atoms. The molecule has 2 heterocycles. The van der Waals surface area contributed by atoms with Gasteiger partial charge in [0.15, 0.2) is 5.43 Å². The average Bonchev–Trinajstić information content (AvgIpc) is 2.52. The summed E-state index contributed by atoms with van der Waals surface area (Å²) in [5.74, 6) is -2.39. The zero-order valence-electron chi connectivity index (χ0n) is 15.0. The number of carbonyl (C=O) groups excluding carboxylic acids is 1. The van der Waals surface area contributed by atoms with E-state index in [1.165, 1.54) is 13.0 Å². The number of carbonyl (C=O) groups is 2. The maximum absolute atomic E-state index is 12.3. The summed E-state index contributed by atoms with van der Waals surface area (Å²) in [5.41, 5.74) is 1.57. The minimum atomic E-state index is -1.14. The lowest BCUT2D eigenvalue weighted by molar-refractivity contribution is -0.133. The Hall–Kier alpha value is -3.02. The molecule has 1 aromatic heterocycles. The van der Waals surface area contributed by atoms with E-state index in [2.05, 4.69) is 4.99 Å². The number of fused-ring (bicyclic) bond motifs is 1. The van der Waals surface area contributed by atoms with Crippen molar-refractivity contribution in [3.8, 4) is 0 Å². The molecule has 134 valence electrons. The maximum Gasteiger partial charge on any atom is 0.334 e. The molecule has 0 fully saturated rings. The number of aliphatic carboxylic acids is 1. The summed E-state index contributed by atoms with van der Waals surface area (Å²) in [6.07, 6.45) is 0. The fourth-order valence-corrected chi connectivity index (χ4v) is 3.74. The van der Waals surface area contributed by atoms with Gasteiger partial charge in [0.05, 0.1) is 16.9 Å². The van der Waals surface area contributed by atoms with Crippen molar-refractivity contribution in [3.05, 3.63) is 57.1 Å². The van der Waals surface area contributed by atoms with E-state index in [0.717, 1.165) is 0 Å². The van der Waals surface area contributed by atoms with Gasteiger partial charge in [-0.3, -0.25) is 14.6 Å². The number of hydrogen-bond donors (Lipinski definition) is 1. The first-order valence-corrected chi connectivity index (χ1v) is 8.25. The topological polar surface area (TPSA) is 96.9 Å². The van der Waals surface area contributed by atoms with Gasteiger partial charge in [-0.05, 0) is 33.8 Å². The molecule has 2 aromatic rings. The minimum absolute atomic E-state index is 0.0486. The highest BCUT2D eigenvalue weighted by atomic mass is 16.4. The van der Waals surface area contributed by atoms with Gasteiger partial charge in [0, 0.05) is 29.0 Å². The first kappa shape index (κ1) is 17.8. The average molecular weight is 353 g/mol. The van der Waals surface area contributed by atoms with Crippen LogP contribution in [0.15, 0.2) is 49.7 Å². The van der Waals surface area contributed by atoms with Crippen LogP contribution < -0.4 is 5.43 Å². The van der Waals surface area contributed by atoms with Crippen LogP contribution in [0.3, 0.4) is 0 Å². The Labute approximate surface area is 149 Å². The number of aryl methyl sites for hydroxylation is 1. The summed E-state index contributed by atoms with van der Waals surface area (Å²) in [5, 5.41) is 10.1. The van der Waals surface area contributed by atoms with Gasteiger partial charge in [0.1, 0.15) is 17.1 Å². The quantitative estimate of drug-likeness (QED) is 0.914. The number of ketones is 1.